The predicted molar refractivity (Wildman–Crippen MR) is 62.0 cm³/mol. The second-order valence-electron chi connectivity index (χ2n) is 4.46. The normalized spacial score (nSPS) is 28.2. The lowest BCUT2D eigenvalue weighted by Crippen LogP contribution is -2.47. The third-order valence-electron chi connectivity index (χ3n) is 3.36. The largest absolute Gasteiger partial charge is 0.395 e. The Hall–Kier alpha value is -0.120. The summed E-state index contributed by atoms with van der Waals surface area (Å²) in [7, 11) is 0. The molecule has 0 aliphatic carbocycles. The molecule has 0 bridgehead atoms. The number of hydrogen-bond acceptors (Lipinski definition) is 3. The Balaban J connectivity index is 2.25. The van der Waals surface area contributed by atoms with Gasteiger partial charge in [0.1, 0.15) is 0 Å². The molecule has 2 atom stereocenters. The molecule has 1 saturated heterocycles. The Morgan fingerprint density at radius 3 is 2.93 bits per heavy atom. The molecule has 3 heteroatoms. The summed E-state index contributed by atoms with van der Waals surface area (Å²) in [4.78, 5) is 2.42. The molecule has 1 rings (SSSR count). The fourth-order valence-corrected chi connectivity index (χ4v) is 2.42. The minimum absolute atomic E-state index is 0.301. The smallest absolute Gasteiger partial charge is 0.0589 e. The van der Waals surface area contributed by atoms with Crippen LogP contribution < -0.4 is 0 Å². The quantitative estimate of drug-likeness (QED) is 0.682. The van der Waals surface area contributed by atoms with Gasteiger partial charge in [-0.25, -0.2) is 0 Å². The maximum atomic E-state index is 9.36. The van der Waals surface area contributed by atoms with Crippen LogP contribution in [0.2, 0.25) is 0 Å². The highest BCUT2D eigenvalue weighted by Crippen LogP contribution is 2.22. The van der Waals surface area contributed by atoms with E-state index in [2.05, 4.69) is 11.8 Å². The van der Waals surface area contributed by atoms with Crippen molar-refractivity contribution in [3.63, 3.8) is 0 Å². The number of hydrogen-bond donors (Lipinski definition) is 1. The van der Waals surface area contributed by atoms with Crippen LogP contribution in [0.1, 0.15) is 33.1 Å². The van der Waals surface area contributed by atoms with Crippen LogP contribution in [0.5, 0.6) is 0 Å². The molecule has 0 amide bonds. The molecule has 0 saturated carbocycles. The first-order chi connectivity index (χ1) is 7.29. The highest BCUT2D eigenvalue weighted by molar-refractivity contribution is 4.81. The summed E-state index contributed by atoms with van der Waals surface area (Å²) in [5.41, 5.74) is 0. The molecule has 1 heterocycles. The molecule has 0 spiro atoms. The fourth-order valence-electron chi connectivity index (χ4n) is 2.42. The van der Waals surface area contributed by atoms with E-state index in [9.17, 15) is 5.11 Å². The standard InChI is InChI=1S/C12H25NO2/c1-3-15-9-5-8-13-7-4-6-11(2)12(13)10-14/h11-12,14H,3-10H2,1-2H3. The molecule has 0 aromatic carbocycles. The summed E-state index contributed by atoms with van der Waals surface area (Å²) in [6.07, 6.45) is 3.61. The lowest BCUT2D eigenvalue weighted by Gasteiger charge is -2.39. The Kier molecular flexibility index (Phi) is 6.22. The van der Waals surface area contributed by atoms with E-state index >= 15 is 0 Å². The lowest BCUT2D eigenvalue weighted by atomic mass is 9.91. The van der Waals surface area contributed by atoms with E-state index in [0.29, 0.717) is 18.6 Å². The van der Waals surface area contributed by atoms with Crippen LogP contribution in [0.4, 0.5) is 0 Å². The average molecular weight is 215 g/mol. The first-order valence-electron chi connectivity index (χ1n) is 6.22. The summed E-state index contributed by atoms with van der Waals surface area (Å²) in [5, 5.41) is 9.36. The number of ether oxygens (including phenoxy) is 1. The monoisotopic (exact) mass is 215 g/mol. The number of aliphatic hydroxyl groups excluding tert-OH is 1. The highest BCUT2D eigenvalue weighted by atomic mass is 16.5. The second kappa shape index (κ2) is 7.20. The van der Waals surface area contributed by atoms with Crippen molar-refractivity contribution in [1.82, 2.24) is 4.90 Å². The van der Waals surface area contributed by atoms with Gasteiger partial charge in [-0.05, 0) is 38.6 Å². The molecule has 3 nitrogen and oxygen atoms in total. The fraction of sp³-hybridized carbons (Fsp3) is 1.00. The first kappa shape index (κ1) is 12.9. The van der Waals surface area contributed by atoms with Gasteiger partial charge in [0.2, 0.25) is 0 Å². The molecule has 2 unspecified atom stereocenters. The van der Waals surface area contributed by atoms with Gasteiger partial charge in [-0.15, -0.1) is 0 Å². The van der Waals surface area contributed by atoms with Crippen molar-refractivity contribution >= 4 is 0 Å². The van der Waals surface area contributed by atoms with Crippen LogP contribution in [0.3, 0.4) is 0 Å². The molecular formula is C12H25NO2. The molecule has 0 aromatic rings. The van der Waals surface area contributed by atoms with E-state index < -0.39 is 0 Å². The van der Waals surface area contributed by atoms with Crippen LogP contribution in [-0.4, -0.2) is 49.0 Å². The zero-order valence-corrected chi connectivity index (χ0v) is 10.1. The number of nitrogens with zero attached hydrogens (tertiary/aromatic N) is 1. The van der Waals surface area contributed by atoms with E-state index in [-0.39, 0.29) is 0 Å². The Morgan fingerprint density at radius 1 is 1.47 bits per heavy atom. The lowest BCUT2D eigenvalue weighted by molar-refractivity contribution is 0.0434. The molecule has 1 aliphatic rings. The number of aliphatic hydroxyl groups is 1. The molecule has 15 heavy (non-hydrogen) atoms. The first-order valence-corrected chi connectivity index (χ1v) is 6.22. The van der Waals surface area contributed by atoms with E-state index in [1.54, 1.807) is 0 Å². The van der Waals surface area contributed by atoms with E-state index in [4.69, 9.17) is 4.74 Å². The minimum Gasteiger partial charge on any atom is -0.395 e. The van der Waals surface area contributed by atoms with Gasteiger partial charge in [-0.3, -0.25) is 4.90 Å². The van der Waals surface area contributed by atoms with Crippen molar-refractivity contribution in [2.45, 2.75) is 39.2 Å². The van der Waals surface area contributed by atoms with Crippen LogP contribution in [0.25, 0.3) is 0 Å². The van der Waals surface area contributed by atoms with E-state index in [0.717, 1.165) is 32.7 Å². The predicted octanol–water partition coefficient (Wildman–Crippen LogP) is 1.51. The minimum atomic E-state index is 0.301. The summed E-state index contributed by atoms with van der Waals surface area (Å²) in [6, 6.07) is 0.375. The third kappa shape index (κ3) is 4.09. The van der Waals surface area contributed by atoms with Gasteiger partial charge >= 0.3 is 0 Å². The van der Waals surface area contributed by atoms with E-state index in [1.807, 2.05) is 6.92 Å². The van der Waals surface area contributed by atoms with Crippen molar-refractivity contribution in [1.29, 1.82) is 0 Å². The van der Waals surface area contributed by atoms with E-state index in [1.165, 1.54) is 12.8 Å². The van der Waals surface area contributed by atoms with Gasteiger partial charge in [0.15, 0.2) is 0 Å². The van der Waals surface area contributed by atoms with Crippen molar-refractivity contribution in [3.8, 4) is 0 Å². The molecule has 1 fully saturated rings. The van der Waals surface area contributed by atoms with Gasteiger partial charge in [0, 0.05) is 25.8 Å². The molecule has 1 aliphatic heterocycles. The summed E-state index contributed by atoms with van der Waals surface area (Å²) >= 11 is 0. The van der Waals surface area contributed by atoms with Gasteiger partial charge < -0.3 is 9.84 Å². The van der Waals surface area contributed by atoms with Gasteiger partial charge in [-0.1, -0.05) is 6.92 Å². The van der Waals surface area contributed by atoms with Crippen LogP contribution in [-0.2, 0) is 4.74 Å². The Labute approximate surface area is 93.4 Å². The van der Waals surface area contributed by atoms with Gasteiger partial charge in [0.05, 0.1) is 6.61 Å². The van der Waals surface area contributed by atoms with Crippen LogP contribution in [0.15, 0.2) is 0 Å². The summed E-state index contributed by atoms with van der Waals surface area (Å²) in [5.74, 6) is 0.635. The number of piperidine rings is 1. The summed E-state index contributed by atoms with van der Waals surface area (Å²) < 4.78 is 5.33. The second-order valence-corrected chi connectivity index (χ2v) is 4.46. The molecular weight excluding hydrogens is 190 g/mol. The van der Waals surface area contributed by atoms with Crippen molar-refractivity contribution in [2.24, 2.45) is 5.92 Å². The zero-order valence-electron chi connectivity index (χ0n) is 10.1. The Bertz CT molecular complexity index is 164. The maximum absolute atomic E-state index is 9.36. The van der Waals surface area contributed by atoms with Crippen LogP contribution >= 0.6 is 0 Å². The highest BCUT2D eigenvalue weighted by Gasteiger charge is 2.26. The Morgan fingerprint density at radius 2 is 2.27 bits per heavy atom. The third-order valence-corrected chi connectivity index (χ3v) is 3.36. The van der Waals surface area contributed by atoms with Gasteiger partial charge in [0.25, 0.3) is 0 Å². The maximum Gasteiger partial charge on any atom is 0.0589 e. The molecule has 90 valence electrons. The van der Waals surface area contributed by atoms with Crippen molar-refractivity contribution in [2.75, 3.05) is 32.9 Å². The number of rotatable bonds is 6. The molecule has 0 radical (unpaired) electrons. The SMILES string of the molecule is CCOCCCN1CCCC(C)C1CO. The zero-order chi connectivity index (χ0) is 11.1. The summed E-state index contributed by atoms with van der Waals surface area (Å²) in [6.45, 7) is 8.43. The van der Waals surface area contributed by atoms with Crippen LogP contribution in [0, 0.1) is 5.92 Å². The molecule has 0 aromatic heterocycles. The topological polar surface area (TPSA) is 32.7 Å². The van der Waals surface area contributed by atoms with Crippen molar-refractivity contribution < 1.29 is 9.84 Å². The molecule has 1 N–H and O–H groups in total. The van der Waals surface area contributed by atoms with Crippen molar-refractivity contribution in [3.05, 3.63) is 0 Å². The number of likely N-dealkylation sites (tertiary alicyclic amines) is 1. The average Bonchev–Trinajstić information content (AvgIpc) is 2.24. The van der Waals surface area contributed by atoms with Gasteiger partial charge in [-0.2, -0.15) is 0 Å².